The van der Waals surface area contributed by atoms with Crippen molar-refractivity contribution in [1.82, 2.24) is 0 Å². The first-order valence-electron chi connectivity index (χ1n) is 5.80. The fraction of sp³-hybridized carbons (Fsp3) is 0.231. The molecule has 0 radical (unpaired) electrons. The number of hydrogen-bond acceptors (Lipinski definition) is 4. The van der Waals surface area contributed by atoms with E-state index < -0.39 is 10.0 Å². The summed E-state index contributed by atoms with van der Waals surface area (Å²) in [7, 11) is -3.48. The third-order valence-corrected chi connectivity index (χ3v) is 3.48. The van der Waals surface area contributed by atoms with Crippen LogP contribution in [0.5, 0.6) is 0 Å². The monoisotopic (exact) mass is 280 g/mol. The van der Waals surface area contributed by atoms with Gasteiger partial charge in [-0.3, -0.25) is 0 Å². The van der Waals surface area contributed by atoms with Gasteiger partial charge < -0.3 is 9.73 Å². The Bertz CT molecular complexity index is 645. The first kappa shape index (κ1) is 13.6. The van der Waals surface area contributed by atoms with Crippen molar-refractivity contribution in [2.45, 2.75) is 19.2 Å². The van der Waals surface area contributed by atoms with Crippen LogP contribution in [-0.2, 0) is 22.3 Å². The molecule has 0 fully saturated rings. The molecule has 0 atom stereocenters. The lowest BCUT2D eigenvalue weighted by Gasteiger charge is -2.06. The molecule has 0 spiro atoms. The molecule has 0 aliphatic heterocycles. The zero-order valence-electron chi connectivity index (χ0n) is 10.6. The molecule has 1 aromatic carbocycles. The Morgan fingerprint density at radius 1 is 1.21 bits per heavy atom. The Hall–Kier alpha value is -1.79. The van der Waals surface area contributed by atoms with Crippen molar-refractivity contribution in [2.24, 2.45) is 5.14 Å². The molecule has 0 bridgehead atoms. The fourth-order valence-corrected chi connectivity index (χ4v) is 2.38. The van der Waals surface area contributed by atoms with Gasteiger partial charge in [0, 0.05) is 5.69 Å². The van der Waals surface area contributed by atoms with E-state index in [0.717, 1.165) is 17.0 Å². The maximum absolute atomic E-state index is 11.0. The van der Waals surface area contributed by atoms with Crippen LogP contribution in [0, 0.1) is 6.92 Å². The maximum Gasteiger partial charge on any atom is 0.213 e. The van der Waals surface area contributed by atoms with E-state index in [0.29, 0.717) is 12.1 Å². The van der Waals surface area contributed by atoms with Crippen LogP contribution in [0.25, 0.3) is 0 Å². The second-order valence-corrected chi connectivity index (χ2v) is 6.00. The van der Waals surface area contributed by atoms with Crippen LogP contribution in [-0.4, -0.2) is 8.42 Å². The van der Waals surface area contributed by atoms with Crippen LogP contribution in [0.1, 0.15) is 16.9 Å². The molecule has 6 heteroatoms. The van der Waals surface area contributed by atoms with Crippen LogP contribution < -0.4 is 10.5 Å². The number of hydrogen-bond donors (Lipinski definition) is 2. The van der Waals surface area contributed by atoms with Gasteiger partial charge in [-0.1, -0.05) is 12.1 Å². The predicted molar refractivity (Wildman–Crippen MR) is 74.0 cm³/mol. The normalized spacial score (nSPS) is 11.5. The van der Waals surface area contributed by atoms with Crippen molar-refractivity contribution in [3.8, 4) is 0 Å². The summed E-state index contributed by atoms with van der Waals surface area (Å²) in [5, 5.41) is 8.19. The second-order valence-electron chi connectivity index (χ2n) is 4.38. The van der Waals surface area contributed by atoms with Crippen LogP contribution in [0.2, 0.25) is 0 Å². The minimum absolute atomic E-state index is 0.148. The van der Waals surface area contributed by atoms with E-state index in [4.69, 9.17) is 9.56 Å². The molecule has 2 aromatic rings. The summed E-state index contributed by atoms with van der Waals surface area (Å²) in [6.07, 6.45) is 1.65. The van der Waals surface area contributed by atoms with Gasteiger partial charge in [-0.2, -0.15) is 0 Å². The van der Waals surface area contributed by atoms with Crippen LogP contribution in [0.4, 0.5) is 5.69 Å². The number of primary sulfonamides is 1. The van der Waals surface area contributed by atoms with E-state index in [1.165, 1.54) is 0 Å². The van der Waals surface area contributed by atoms with E-state index in [9.17, 15) is 8.42 Å². The van der Waals surface area contributed by atoms with Crippen LogP contribution in [0.15, 0.2) is 41.0 Å². The van der Waals surface area contributed by atoms with Gasteiger partial charge in [0.15, 0.2) is 0 Å². The Labute approximate surface area is 112 Å². The molecule has 5 nitrogen and oxygen atoms in total. The zero-order valence-corrected chi connectivity index (χ0v) is 11.4. The van der Waals surface area contributed by atoms with Gasteiger partial charge in [0.05, 0.1) is 18.6 Å². The molecule has 1 aromatic heterocycles. The van der Waals surface area contributed by atoms with Crippen molar-refractivity contribution in [1.29, 1.82) is 0 Å². The molecular formula is C13H16N2O3S. The number of nitrogens with one attached hydrogen (secondary N) is 1. The Morgan fingerprint density at radius 3 is 2.42 bits per heavy atom. The summed E-state index contributed by atoms with van der Waals surface area (Å²) in [6.45, 7) is 2.57. The average molecular weight is 280 g/mol. The van der Waals surface area contributed by atoms with Gasteiger partial charge in [0.2, 0.25) is 10.0 Å². The smallest absolute Gasteiger partial charge is 0.213 e. The lowest BCUT2D eigenvalue weighted by atomic mass is 10.2. The third kappa shape index (κ3) is 4.11. The highest BCUT2D eigenvalue weighted by molar-refractivity contribution is 7.88. The second kappa shape index (κ2) is 5.46. The van der Waals surface area contributed by atoms with E-state index in [2.05, 4.69) is 5.32 Å². The van der Waals surface area contributed by atoms with Gasteiger partial charge in [-0.05, 0) is 36.2 Å². The molecule has 0 amide bonds. The Balaban J connectivity index is 1.97. The molecule has 0 saturated heterocycles. The highest BCUT2D eigenvalue weighted by atomic mass is 32.2. The zero-order chi connectivity index (χ0) is 13.9. The molecule has 102 valence electrons. The molecular weight excluding hydrogens is 264 g/mol. The predicted octanol–water partition coefficient (Wildman–Crippen LogP) is 1.99. The summed E-state index contributed by atoms with van der Waals surface area (Å²) >= 11 is 0. The molecule has 2 rings (SSSR count). The number of furan rings is 1. The van der Waals surface area contributed by atoms with Crippen molar-refractivity contribution < 1.29 is 12.8 Å². The van der Waals surface area contributed by atoms with Crippen molar-refractivity contribution in [3.05, 3.63) is 53.5 Å². The van der Waals surface area contributed by atoms with Gasteiger partial charge in [0.25, 0.3) is 0 Å². The molecule has 1 heterocycles. The SMILES string of the molecule is Cc1ccoc1CNc1ccc(CS(N)(=O)=O)cc1. The Kier molecular flexibility index (Phi) is 3.92. The first-order chi connectivity index (χ1) is 8.94. The van der Waals surface area contributed by atoms with Crippen LogP contribution in [0.3, 0.4) is 0 Å². The van der Waals surface area contributed by atoms with Crippen molar-refractivity contribution in [2.75, 3.05) is 5.32 Å². The van der Waals surface area contributed by atoms with Gasteiger partial charge in [0.1, 0.15) is 5.76 Å². The van der Waals surface area contributed by atoms with Crippen LogP contribution >= 0.6 is 0 Å². The van der Waals surface area contributed by atoms with E-state index in [1.54, 1.807) is 18.4 Å². The quantitative estimate of drug-likeness (QED) is 0.877. The lowest BCUT2D eigenvalue weighted by Crippen LogP contribution is -2.14. The number of nitrogens with two attached hydrogens (primary N) is 1. The van der Waals surface area contributed by atoms with Gasteiger partial charge >= 0.3 is 0 Å². The van der Waals surface area contributed by atoms with Gasteiger partial charge in [-0.15, -0.1) is 0 Å². The Morgan fingerprint density at radius 2 is 1.89 bits per heavy atom. The average Bonchev–Trinajstić information content (AvgIpc) is 2.72. The minimum atomic E-state index is -3.48. The van der Waals surface area contributed by atoms with E-state index >= 15 is 0 Å². The fourth-order valence-electron chi connectivity index (χ4n) is 1.72. The van der Waals surface area contributed by atoms with E-state index in [-0.39, 0.29) is 5.75 Å². The van der Waals surface area contributed by atoms with Crippen molar-refractivity contribution >= 4 is 15.7 Å². The molecule has 3 N–H and O–H groups in total. The largest absolute Gasteiger partial charge is 0.467 e. The maximum atomic E-state index is 11.0. The number of aryl methyl sites for hydroxylation is 1. The molecule has 0 aliphatic rings. The highest BCUT2D eigenvalue weighted by Gasteiger charge is 2.05. The first-order valence-corrected chi connectivity index (χ1v) is 7.52. The van der Waals surface area contributed by atoms with Crippen molar-refractivity contribution in [3.63, 3.8) is 0 Å². The number of sulfonamides is 1. The standard InChI is InChI=1S/C13H16N2O3S/c1-10-6-7-18-13(10)8-15-12-4-2-11(3-5-12)9-19(14,16)17/h2-7,15H,8-9H2,1H3,(H2,14,16,17). The molecule has 0 unspecified atom stereocenters. The molecule has 0 saturated carbocycles. The summed E-state index contributed by atoms with van der Waals surface area (Å²) in [6, 6.07) is 9.02. The summed E-state index contributed by atoms with van der Waals surface area (Å²) in [5.74, 6) is 0.735. The molecule has 19 heavy (non-hydrogen) atoms. The third-order valence-electron chi connectivity index (χ3n) is 2.74. The number of benzene rings is 1. The molecule has 0 aliphatic carbocycles. The summed E-state index contributed by atoms with van der Waals surface area (Å²) in [4.78, 5) is 0. The topological polar surface area (TPSA) is 85.3 Å². The highest BCUT2D eigenvalue weighted by Crippen LogP contribution is 2.14. The van der Waals surface area contributed by atoms with Gasteiger partial charge in [-0.25, -0.2) is 13.6 Å². The summed E-state index contributed by atoms with van der Waals surface area (Å²) < 4.78 is 27.2. The number of rotatable bonds is 5. The number of anilines is 1. The van der Waals surface area contributed by atoms with E-state index in [1.807, 2.05) is 25.1 Å². The minimum Gasteiger partial charge on any atom is -0.467 e. The summed E-state index contributed by atoms with van der Waals surface area (Å²) in [5.41, 5.74) is 2.66. The lowest BCUT2D eigenvalue weighted by molar-refractivity contribution is 0.515.